The summed E-state index contributed by atoms with van der Waals surface area (Å²) in [5, 5.41) is 10.5. The average molecular weight is 457 g/mol. The number of benzene rings is 1. The molecule has 0 amide bonds. The van der Waals surface area contributed by atoms with Gasteiger partial charge < -0.3 is 19.3 Å². The lowest BCUT2D eigenvalue weighted by molar-refractivity contribution is -0.0744. The van der Waals surface area contributed by atoms with E-state index in [1.165, 1.54) is 50.5 Å². The Morgan fingerprint density at radius 1 is 0.939 bits per heavy atom. The van der Waals surface area contributed by atoms with E-state index in [9.17, 15) is 5.11 Å². The Bertz CT molecular complexity index is 787. The number of hydrogen-bond acceptors (Lipinski definition) is 6. The van der Waals surface area contributed by atoms with Crippen molar-refractivity contribution < 1.29 is 19.3 Å². The number of aliphatic hydroxyl groups excluding tert-OH is 1. The highest BCUT2D eigenvalue weighted by Crippen LogP contribution is 2.61. The second kappa shape index (κ2) is 9.37. The maximum atomic E-state index is 10.5. The number of piperazine rings is 1. The van der Waals surface area contributed by atoms with E-state index in [0.717, 1.165) is 75.1 Å². The summed E-state index contributed by atoms with van der Waals surface area (Å²) in [4.78, 5) is 4.85. The predicted molar refractivity (Wildman–Crippen MR) is 126 cm³/mol. The van der Waals surface area contributed by atoms with Gasteiger partial charge in [-0.05, 0) is 85.8 Å². The Morgan fingerprint density at radius 2 is 1.61 bits per heavy atom. The molecule has 1 saturated heterocycles. The van der Waals surface area contributed by atoms with Gasteiger partial charge in [0.15, 0.2) is 11.5 Å². The molecule has 1 aromatic rings. The van der Waals surface area contributed by atoms with Gasteiger partial charge in [-0.25, -0.2) is 0 Å². The van der Waals surface area contributed by atoms with Crippen LogP contribution in [0, 0.1) is 23.2 Å². The first-order valence-electron chi connectivity index (χ1n) is 13.2. The summed E-state index contributed by atoms with van der Waals surface area (Å²) in [6, 6.07) is 6.23. The van der Waals surface area contributed by atoms with Gasteiger partial charge in [-0.15, -0.1) is 0 Å². The molecule has 7 rings (SSSR count). The van der Waals surface area contributed by atoms with Crippen LogP contribution < -0.4 is 9.47 Å². The lowest BCUT2D eigenvalue weighted by Crippen LogP contribution is -2.48. The van der Waals surface area contributed by atoms with E-state index in [1.54, 1.807) is 0 Å². The van der Waals surface area contributed by atoms with Crippen molar-refractivity contribution in [1.82, 2.24) is 9.80 Å². The molecule has 4 saturated carbocycles. The van der Waals surface area contributed by atoms with Crippen molar-refractivity contribution in [2.24, 2.45) is 23.2 Å². The summed E-state index contributed by atoms with van der Waals surface area (Å²) in [5.74, 6) is 4.72. The van der Waals surface area contributed by atoms with Gasteiger partial charge in [0.25, 0.3) is 0 Å². The van der Waals surface area contributed by atoms with Crippen molar-refractivity contribution in [3.8, 4) is 11.5 Å². The molecule has 4 aliphatic carbocycles. The fourth-order valence-electron chi connectivity index (χ4n) is 7.88. The third-order valence-corrected chi connectivity index (χ3v) is 9.03. The Kier molecular flexibility index (Phi) is 6.29. The van der Waals surface area contributed by atoms with Crippen molar-refractivity contribution in [3.63, 3.8) is 0 Å². The maximum absolute atomic E-state index is 10.5. The molecule has 182 valence electrons. The minimum atomic E-state index is -0.387. The summed E-state index contributed by atoms with van der Waals surface area (Å²) in [6.07, 6.45) is 9.67. The second-order valence-electron chi connectivity index (χ2n) is 11.7. The van der Waals surface area contributed by atoms with Gasteiger partial charge in [0, 0.05) is 45.9 Å². The number of hydrogen-bond donors (Lipinski definition) is 1. The van der Waals surface area contributed by atoms with Gasteiger partial charge in [-0.3, -0.25) is 9.80 Å². The zero-order chi connectivity index (χ0) is 22.3. The van der Waals surface area contributed by atoms with E-state index in [4.69, 9.17) is 14.2 Å². The third-order valence-electron chi connectivity index (χ3n) is 9.03. The first kappa shape index (κ1) is 22.1. The molecule has 6 aliphatic rings. The van der Waals surface area contributed by atoms with Crippen LogP contribution in [-0.2, 0) is 11.3 Å². The largest absolute Gasteiger partial charge is 0.454 e. The molecule has 4 bridgehead atoms. The molecule has 1 aromatic carbocycles. The Morgan fingerprint density at radius 3 is 2.33 bits per heavy atom. The molecule has 0 aromatic heterocycles. The molecule has 6 heteroatoms. The van der Waals surface area contributed by atoms with Crippen LogP contribution in [0.25, 0.3) is 0 Å². The van der Waals surface area contributed by atoms with Gasteiger partial charge in [0.2, 0.25) is 6.79 Å². The smallest absolute Gasteiger partial charge is 0.231 e. The van der Waals surface area contributed by atoms with Crippen LogP contribution in [0.2, 0.25) is 0 Å². The molecule has 1 atom stereocenters. The van der Waals surface area contributed by atoms with Crippen LogP contribution in [0.1, 0.15) is 50.5 Å². The maximum Gasteiger partial charge on any atom is 0.231 e. The van der Waals surface area contributed by atoms with E-state index in [1.807, 2.05) is 6.07 Å². The summed E-state index contributed by atoms with van der Waals surface area (Å²) in [7, 11) is 0. The van der Waals surface area contributed by atoms with Crippen molar-refractivity contribution in [1.29, 1.82) is 0 Å². The van der Waals surface area contributed by atoms with E-state index in [2.05, 4.69) is 21.9 Å². The molecule has 2 heterocycles. The summed E-state index contributed by atoms with van der Waals surface area (Å²) in [5.41, 5.74) is 1.84. The van der Waals surface area contributed by atoms with Gasteiger partial charge in [0.05, 0.1) is 12.7 Å². The summed E-state index contributed by atoms with van der Waals surface area (Å²) in [6.45, 7) is 7.31. The van der Waals surface area contributed by atoms with Gasteiger partial charge >= 0.3 is 0 Å². The molecule has 0 spiro atoms. The number of ether oxygens (including phenoxy) is 3. The van der Waals surface area contributed by atoms with Crippen molar-refractivity contribution >= 4 is 0 Å². The zero-order valence-electron chi connectivity index (χ0n) is 19.9. The van der Waals surface area contributed by atoms with Crippen LogP contribution >= 0.6 is 0 Å². The summed E-state index contributed by atoms with van der Waals surface area (Å²) < 4.78 is 16.9. The zero-order valence-corrected chi connectivity index (χ0v) is 19.9. The third kappa shape index (κ3) is 5.04. The molecule has 2 aliphatic heterocycles. The molecule has 0 unspecified atom stereocenters. The Labute approximate surface area is 198 Å². The van der Waals surface area contributed by atoms with E-state index in [-0.39, 0.29) is 6.10 Å². The van der Waals surface area contributed by atoms with Crippen molar-refractivity contribution in [3.05, 3.63) is 23.8 Å². The van der Waals surface area contributed by atoms with Crippen molar-refractivity contribution in [2.75, 3.05) is 52.7 Å². The molecule has 0 radical (unpaired) electrons. The quantitative estimate of drug-likeness (QED) is 0.574. The molecular weight excluding hydrogens is 416 g/mol. The average Bonchev–Trinajstić information content (AvgIpc) is 3.25. The SMILES string of the molecule is O[C@H](COCCC12CC3CC(CC(C3)C1)C2)CN1CCN(Cc2ccc3c(c2)OCO3)CC1. The van der Waals surface area contributed by atoms with Crippen LogP contribution in [0.4, 0.5) is 0 Å². The van der Waals surface area contributed by atoms with Gasteiger partial charge in [-0.1, -0.05) is 6.07 Å². The normalized spacial score (nSPS) is 34.2. The first-order chi connectivity index (χ1) is 16.1. The second-order valence-corrected chi connectivity index (χ2v) is 11.7. The lowest BCUT2D eigenvalue weighted by atomic mass is 9.49. The minimum absolute atomic E-state index is 0.325. The Balaban J connectivity index is 0.880. The summed E-state index contributed by atoms with van der Waals surface area (Å²) >= 11 is 0. The van der Waals surface area contributed by atoms with Crippen LogP contribution in [0.3, 0.4) is 0 Å². The first-order valence-corrected chi connectivity index (χ1v) is 13.2. The van der Waals surface area contributed by atoms with Crippen LogP contribution in [0.15, 0.2) is 18.2 Å². The highest BCUT2D eigenvalue weighted by molar-refractivity contribution is 5.44. The number of aliphatic hydroxyl groups is 1. The fourth-order valence-corrected chi connectivity index (χ4v) is 7.88. The predicted octanol–water partition coefficient (Wildman–Crippen LogP) is 3.52. The number of nitrogens with zero attached hydrogens (tertiary/aromatic N) is 2. The molecular formula is C27H40N2O4. The van der Waals surface area contributed by atoms with Crippen LogP contribution in [-0.4, -0.2) is 73.7 Å². The molecule has 5 fully saturated rings. The van der Waals surface area contributed by atoms with E-state index >= 15 is 0 Å². The van der Waals surface area contributed by atoms with Crippen molar-refractivity contribution in [2.45, 2.75) is 57.6 Å². The molecule has 33 heavy (non-hydrogen) atoms. The minimum Gasteiger partial charge on any atom is -0.454 e. The number of fused-ring (bicyclic) bond motifs is 1. The Hall–Kier alpha value is -1.34. The molecule has 6 nitrogen and oxygen atoms in total. The number of β-amino-alcohol motifs (C(OH)–C–C–N with tert-alkyl or cyclic N) is 1. The van der Waals surface area contributed by atoms with E-state index in [0.29, 0.717) is 18.8 Å². The molecule has 1 N–H and O–H groups in total. The monoisotopic (exact) mass is 456 g/mol. The fraction of sp³-hybridized carbons (Fsp3) is 0.778. The number of rotatable bonds is 9. The highest BCUT2D eigenvalue weighted by atomic mass is 16.7. The van der Waals surface area contributed by atoms with Crippen LogP contribution in [0.5, 0.6) is 11.5 Å². The van der Waals surface area contributed by atoms with E-state index < -0.39 is 0 Å². The standard InChI is InChI=1S/C27H40N2O4/c30-24(18-31-8-3-27-13-21-9-22(14-27)11-23(10-21)15-27)17-29-6-4-28(5-7-29)16-20-1-2-25-26(12-20)33-19-32-25/h1-2,12,21-24,30H,3-11,13-19H2/t21?,22?,23?,24-,27?/m0/s1. The lowest BCUT2D eigenvalue weighted by Gasteiger charge is -2.57. The van der Waals surface area contributed by atoms with Gasteiger partial charge in [-0.2, -0.15) is 0 Å². The topological polar surface area (TPSA) is 54.4 Å². The van der Waals surface area contributed by atoms with Gasteiger partial charge in [0.1, 0.15) is 0 Å². The highest BCUT2D eigenvalue weighted by Gasteiger charge is 2.50.